The molecule has 0 aromatic rings. The number of hydrogen-bond acceptors (Lipinski definition) is 2. The summed E-state index contributed by atoms with van der Waals surface area (Å²) in [6, 6.07) is 0. The first kappa shape index (κ1) is 4.19. The molecule has 2 heteroatoms. The van der Waals surface area contributed by atoms with Crippen LogP contribution in [0.3, 0.4) is 0 Å². The van der Waals surface area contributed by atoms with E-state index in [1.54, 1.807) is 11.9 Å². The predicted molar refractivity (Wildman–Crippen MR) is 29.9 cm³/mol. The Morgan fingerprint density at radius 3 is 2.83 bits per heavy atom. The highest BCUT2D eigenvalue weighted by Gasteiger charge is 1.98. The van der Waals surface area contributed by atoms with Gasteiger partial charge in [0.1, 0.15) is 0 Å². The van der Waals surface area contributed by atoms with Gasteiger partial charge in [0.2, 0.25) is 0 Å². The number of nitrogens with zero attached hydrogens (tertiary/aromatic N) is 1. The molecule has 0 saturated heterocycles. The van der Waals surface area contributed by atoms with Gasteiger partial charge in [-0.05, 0) is 25.3 Å². The summed E-state index contributed by atoms with van der Waals surface area (Å²) in [7, 11) is 0. The Kier molecular flexibility index (Phi) is 1.15. The fourth-order valence-corrected chi connectivity index (χ4v) is 1.04. The second kappa shape index (κ2) is 1.65. The van der Waals surface area contributed by atoms with Crippen molar-refractivity contribution in [3.05, 3.63) is 6.92 Å². The molecule has 1 heterocycles. The third-order valence-corrected chi connectivity index (χ3v) is 1.45. The Morgan fingerprint density at radius 1 is 1.83 bits per heavy atom. The van der Waals surface area contributed by atoms with Gasteiger partial charge in [0.05, 0.1) is 0 Å². The minimum absolute atomic E-state index is 1.04. The van der Waals surface area contributed by atoms with E-state index in [1.165, 1.54) is 0 Å². The van der Waals surface area contributed by atoms with E-state index in [2.05, 4.69) is 11.3 Å². The molecular weight excluding hydrogens is 94.1 g/mol. The van der Waals surface area contributed by atoms with Crippen molar-refractivity contribution in [2.75, 3.05) is 5.75 Å². The van der Waals surface area contributed by atoms with Gasteiger partial charge in [0.25, 0.3) is 0 Å². The minimum Gasteiger partial charge on any atom is -0.226 e. The summed E-state index contributed by atoms with van der Waals surface area (Å²) in [5, 5.41) is 0. The Balaban J connectivity index is 2.45. The zero-order chi connectivity index (χ0) is 4.41. The van der Waals surface area contributed by atoms with Crippen LogP contribution >= 0.6 is 11.9 Å². The van der Waals surface area contributed by atoms with E-state index in [-0.39, 0.29) is 0 Å². The molecule has 0 atom stereocenters. The zero-order valence-corrected chi connectivity index (χ0v) is 4.29. The van der Waals surface area contributed by atoms with Crippen molar-refractivity contribution < 1.29 is 0 Å². The van der Waals surface area contributed by atoms with E-state index >= 15 is 0 Å². The van der Waals surface area contributed by atoms with Gasteiger partial charge in [-0.3, -0.25) is 0 Å². The third kappa shape index (κ3) is 0.744. The molecule has 0 aliphatic carbocycles. The number of rotatable bonds is 0. The van der Waals surface area contributed by atoms with Crippen LogP contribution < -0.4 is 0 Å². The normalized spacial score (nSPS) is 21.2. The Labute approximate surface area is 42.0 Å². The van der Waals surface area contributed by atoms with Gasteiger partial charge in [-0.25, -0.2) is 4.40 Å². The Morgan fingerprint density at radius 2 is 2.67 bits per heavy atom. The molecular formula is C4H6NS. The molecule has 1 aliphatic rings. The lowest BCUT2D eigenvalue weighted by molar-refractivity contribution is 1.36. The van der Waals surface area contributed by atoms with E-state index < -0.39 is 0 Å². The van der Waals surface area contributed by atoms with Crippen LogP contribution in [0.1, 0.15) is 6.42 Å². The van der Waals surface area contributed by atoms with Gasteiger partial charge in [0.15, 0.2) is 0 Å². The van der Waals surface area contributed by atoms with Crippen molar-refractivity contribution in [3.63, 3.8) is 0 Å². The smallest absolute Gasteiger partial charge is 0.0275 e. The van der Waals surface area contributed by atoms with Crippen LogP contribution in [0.15, 0.2) is 4.40 Å². The molecule has 0 aromatic carbocycles. The third-order valence-electron chi connectivity index (χ3n) is 0.676. The van der Waals surface area contributed by atoms with Gasteiger partial charge in [-0.2, -0.15) is 0 Å². The quantitative estimate of drug-likeness (QED) is 0.418. The van der Waals surface area contributed by atoms with E-state index in [0.29, 0.717) is 0 Å². The largest absolute Gasteiger partial charge is 0.226 e. The lowest BCUT2D eigenvalue weighted by Crippen LogP contribution is -1.81. The van der Waals surface area contributed by atoms with Gasteiger partial charge in [-0.15, -0.1) is 0 Å². The Bertz CT molecular complexity index is 77.6. The summed E-state index contributed by atoms with van der Waals surface area (Å²) in [6.45, 7) is 3.67. The highest BCUT2D eigenvalue weighted by Crippen LogP contribution is 2.13. The van der Waals surface area contributed by atoms with Gasteiger partial charge in [0, 0.05) is 11.5 Å². The highest BCUT2D eigenvalue weighted by molar-refractivity contribution is 7.98. The summed E-state index contributed by atoms with van der Waals surface area (Å²) in [6.07, 6.45) is 1.09. The standard InChI is InChI=1S/C4H6NS/c1-4-2-3-6-5-4/h1-3H2. The molecule has 1 radical (unpaired) electrons. The van der Waals surface area contributed by atoms with Crippen molar-refractivity contribution in [2.24, 2.45) is 4.40 Å². The van der Waals surface area contributed by atoms with Crippen LogP contribution in [0, 0.1) is 6.92 Å². The van der Waals surface area contributed by atoms with Crippen LogP contribution in [-0.4, -0.2) is 11.5 Å². The van der Waals surface area contributed by atoms with Crippen LogP contribution in [0.4, 0.5) is 0 Å². The van der Waals surface area contributed by atoms with Crippen LogP contribution in [0.25, 0.3) is 0 Å². The van der Waals surface area contributed by atoms with Crippen molar-refractivity contribution in [3.8, 4) is 0 Å². The lowest BCUT2D eigenvalue weighted by atomic mass is 10.3. The molecule has 1 rings (SSSR count). The topological polar surface area (TPSA) is 12.4 Å². The average Bonchev–Trinajstić information content (AvgIpc) is 1.86. The molecule has 0 amide bonds. The maximum atomic E-state index is 3.96. The van der Waals surface area contributed by atoms with Crippen LogP contribution in [-0.2, 0) is 0 Å². The highest BCUT2D eigenvalue weighted by atomic mass is 32.2. The average molecular weight is 100 g/mol. The monoisotopic (exact) mass is 100 g/mol. The minimum atomic E-state index is 1.04. The second-order valence-electron chi connectivity index (χ2n) is 1.24. The van der Waals surface area contributed by atoms with Gasteiger partial charge >= 0.3 is 0 Å². The fourth-order valence-electron chi connectivity index (χ4n) is 0.346. The summed E-state index contributed by atoms with van der Waals surface area (Å²) in [5.74, 6) is 1.14. The van der Waals surface area contributed by atoms with Gasteiger partial charge < -0.3 is 0 Å². The lowest BCUT2D eigenvalue weighted by Gasteiger charge is -1.74. The SMILES string of the molecule is [CH2]C1=NSCC1. The van der Waals surface area contributed by atoms with Crippen molar-refractivity contribution >= 4 is 17.7 Å². The molecule has 0 fully saturated rings. The second-order valence-corrected chi connectivity index (χ2v) is 2.09. The molecule has 0 spiro atoms. The summed E-state index contributed by atoms with van der Waals surface area (Å²) < 4.78 is 3.96. The predicted octanol–water partition coefficient (Wildman–Crippen LogP) is 1.31. The fraction of sp³-hybridized carbons (Fsp3) is 0.500. The molecule has 0 aromatic heterocycles. The van der Waals surface area contributed by atoms with E-state index in [9.17, 15) is 0 Å². The summed E-state index contributed by atoms with van der Waals surface area (Å²) >= 11 is 1.61. The summed E-state index contributed by atoms with van der Waals surface area (Å²) in [4.78, 5) is 0. The summed E-state index contributed by atoms with van der Waals surface area (Å²) in [5.41, 5.74) is 1.04. The van der Waals surface area contributed by atoms with Crippen molar-refractivity contribution in [1.29, 1.82) is 0 Å². The molecule has 1 nitrogen and oxygen atoms in total. The molecule has 0 bridgehead atoms. The molecule has 33 valence electrons. The van der Waals surface area contributed by atoms with Crippen LogP contribution in [0.2, 0.25) is 0 Å². The first-order valence-corrected chi connectivity index (χ1v) is 2.84. The van der Waals surface area contributed by atoms with Crippen LogP contribution in [0.5, 0.6) is 0 Å². The number of hydrogen-bond donors (Lipinski definition) is 0. The zero-order valence-electron chi connectivity index (χ0n) is 3.48. The first-order valence-electron chi connectivity index (χ1n) is 1.90. The molecule has 0 saturated carbocycles. The van der Waals surface area contributed by atoms with Crippen molar-refractivity contribution in [2.45, 2.75) is 6.42 Å². The molecule has 0 unspecified atom stereocenters. The van der Waals surface area contributed by atoms with E-state index in [0.717, 1.165) is 17.9 Å². The molecule has 1 aliphatic heterocycles. The molecule has 6 heavy (non-hydrogen) atoms. The maximum absolute atomic E-state index is 3.96. The Hall–Kier alpha value is 0.0200. The van der Waals surface area contributed by atoms with E-state index in [4.69, 9.17) is 0 Å². The first-order chi connectivity index (χ1) is 2.89. The van der Waals surface area contributed by atoms with E-state index in [1.807, 2.05) is 0 Å². The van der Waals surface area contributed by atoms with Gasteiger partial charge in [-0.1, -0.05) is 0 Å². The molecule has 0 N–H and O–H groups in total. The van der Waals surface area contributed by atoms with Crippen molar-refractivity contribution in [1.82, 2.24) is 0 Å². The maximum Gasteiger partial charge on any atom is 0.0275 e.